The number of Topliss-reactive ketones (excluding diaryl/α,β-unsaturated/α-hetero) is 1. The lowest BCUT2D eigenvalue weighted by molar-refractivity contribution is -0.118. The molecule has 0 aliphatic heterocycles. The Morgan fingerprint density at radius 3 is 2.50 bits per heavy atom. The SMILES string of the molecule is CCCC[C@@](C)(C#N)CC(C)=O. The Bertz CT molecular complexity index is 193. The van der Waals surface area contributed by atoms with Gasteiger partial charge in [0.1, 0.15) is 5.78 Å². The van der Waals surface area contributed by atoms with Crippen molar-refractivity contribution in [1.82, 2.24) is 0 Å². The molecule has 0 unspecified atom stereocenters. The lowest BCUT2D eigenvalue weighted by Crippen LogP contribution is -2.17. The second kappa shape index (κ2) is 4.92. The molecule has 0 bridgehead atoms. The Kier molecular flexibility index (Phi) is 4.58. The fraction of sp³-hybridized carbons (Fsp3) is 0.800. The number of hydrogen-bond acceptors (Lipinski definition) is 2. The molecule has 0 N–H and O–H groups in total. The van der Waals surface area contributed by atoms with Crippen LogP contribution in [0.25, 0.3) is 0 Å². The first-order chi connectivity index (χ1) is 5.54. The van der Waals surface area contributed by atoms with Gasteiger partial charge in [0.2, 0.25) is 0 Å². The minimum atomic E-state index is -0.429. The molecular formula is C10H17NO. The van der Waals surface area contributed by atoms with Gasteiger partial charge in [0.05, 0.1) is 11.5 Å². The first-order valence-electron chi connectivity index (χ1n) is 4.45. The van der Waals surface area contributed by atoms with Gasteiger partial charge in [-0.05, 0) is 20.3 Å². The van der Waals surface area contributed by atoms with E-state index in [-0.39, 0.29) is 5.78 Å². The third kappa shape index (κ3) is 4.12. The zero-order valence-electron chi connectivity index (χ0n) is 8.18. The summed E-state index contributed by atoms with van der Waals surface area (Å²) in [6.45, 7) is 5.50. The summed E-state index contributed by atoms with van der Waals surface area (Å²) in [6, 6.07) is 2.22. The minimum Gasteiger partial charge on any atom is -0.300 e. The highest BCUT2D eigenvalue weighted by atomic mass is 16.1. The van der Waals surface area contributed by atoms with Gasteiger partial charge in [-0.1, -0.05) is 19.8 Å². The molecule has 2 heteroatoms. The van der Waals surface area contributed by atoms with Crippen LogP contribution >= 0.6 is 0 Å². The first-order valence-corrected chi connectivity index (χ1v) is 4.45. The molecule has 0 aliphatic carbocycles. The Hall–Kier alpha value is -0.840. The number of nitrogens with zero attached hydrogens (tertiary/aromatic N) is 1. The van der Waals surface area contributed by atoms with Gasteiger partial charge in [-0.25, -0.2) is 0 Å². The summed E-state index contributed by atoms with van der Waals surface area (Å²) in [4.78, 5) is 10.8. The standard InChI is InChI=1S/C10H17NO/c1-4-5-6-10(3,8-11)7-9(2)12/h4-7H2,1-3H3/t10-/m1/s1. The van der Waals surface area contributed by atoms with E-state index in [2.05, 4.69) is 13.0 Å². The number of carbonyl (C=O) groups excluding carboxylic acids is 1. The van der Waals surface area contributed by atoms with Gasteiger partial charge < -0.3 is 0 Å². The summed E-state index contributed by atoms with van der Waals surface area (Å²) in [5.41, 5.74) is -0.429. The highest BCUT2D eigenvalue weighted by Gasteiger charge is 2.24. The van der Waals surface area contributed by atoms with E-state index in [1.54, 1.807) is 6.92 Å². The van der Waals surface area contributed by atoms with Crippen LogP contribution in [0.5, 0.6) is 0 Å². The van der Waals surface area contributed by atoms with E-state index in [4.69, 9.17) is 5.26 Å². The summed E-state index contributed by atoms with van der Waals surface area (Å²) < 4.78 is 0. The van der Waals surface area contributed by atoms with E-state index in [0.29, 0.717) is 6.42 Å². The summed E-state index contributed by atoms with van der Waals surface area (Å²) >= 11 is 0. The lowest BCUT2D eigenvalue weighted by atomic mass is 9.82. The van der Waals surface area contributed by atoms with Crippen molar-refractivity contribution in [3.05, 3.63) is 0 Å². The highest BCUT2D eigenvalue weighted by Crippen LogP contribution is 2.27. The van der Waals surface area contributed by atoms with Crippen molar-refractivity contribution in [3.8, 4) is 6.07 Å². The van der Waals surface area contributed by atoms with E-state index < -0.39 is 5.41 Å². The second-order valence-corrected chi connectivity index (χ2v) is 3.65. The van der Waals surface area contributed by atoms with Gasteiger partial charge in [-0.15, -0.1) is 0 Å². The maximum absolute atomic E-state index is 10.8. The van der Waals surface area contributed by atoms with Crippen LogP contribution in [-0.2, 0) is 4.79 Å². The zero-order valence-corrected chi connectivity index (χ0v) is 8.18. The van der Waals surface area contributed by atoms with Crippen LogP contribution in [0.2, 0.25) is 0 Å². The molecule has 0 amide bonds. The number of rotatable bonds is 5. The molecule has 68 valence electrons. The Labute approximate surface area is 74.6 Å². The smallest absolute Gasteiger partial charge is 0.131 e. The monoisotopic (exact) mass is 167 g/mol. The summed E-state index contributed by atoms with van der Waals surface area (Å²) in [5.74, 6) is 0.107. The van der Waals surface area contributed by atoms with E-state index >= 15 is 0 Å². The fourth-order valence-corrected chi connectivity index (χ4v) is 1.30. The van der Waals surface area contributed by atoms with Crippen LogP contribution in [0.4, 0.5) is 0 Å². The van der Waals surface area contributed by atoms with Crippen molar-refractivity contribution in [2.24, 2.45) is 5.41 Å². The third-order valence-corrected chi connectivity index (χ3v) is 1.99. The molecular weight excluding hydrogens is 150 g/mol. The fourth-order valence-electron chi connectivity index (χ4n) is 1.30. The summed E-state index contributed by atoms with van der Waals surface area (Å²) in [5, 5.41) is 8.86. The minimum absolute atomic E-state index is 0.107. The summed E-state index contributed by atoms with van der Waals surface area (Å²) in [6.07, 6.45) is 3.33. The normalized spacial score (nSPS) is 14.8. The van der Waals surface area contributed by atoms with Crippen molar-refractivity contribution < 1.29 is 4.79 Å². The zero-order chi connectivity index (χ0) is 9.61. The van der Waals surface area contributed by atoms with E-state index in [1.165, 1.54) is 0 Å². The number of carbonyl (C=O) groups is 1. The van der Waals surface area contributed by atoms with Gasteiger partial charge in [0.25, 0.3) is 0 Å². The van der Waals surface area contributed by atoms with Crippen LogP contribution in [0.15, 0.2) is 0 Å². The molecule has 0 aliphatic rings. The van der Waals surface area contributed by atoms with Crippen LogP contribution in [0.3, 0.4) is 0 Å². The number of ketones is 1. The average Bonchev–Trinajstić information content (AvgIpc) is 2.00. The largest absolute Gasteiger partial charge is 0.300 e. The molecule has 0 heterocycles. The van der Waals surface area contributed by atoms with E-state index in [0.717, 1.165) is 19.3 Å². The molecule has 0 aromatic rings. The molecule has 0 radical (unpaired) electrons. The Morgan fingerprint density at radius 2 is 2.17 bits per heavy atom. The molecule has 0 saturated carbocycles. The quantitative estimate of drug-likeness (QED) is 0.631. The second-order valence-electron chi connectivity index (χ2n) is 3.65. The first kappa shape index (κ1) is 11.2. The molecule has 0 aromatic heterocycles. The number of nitriles is 1. The molecule has 0 spiro atoms. The van der Waals surface area contributed by atoms with E-state index in [1.807, 2.05) is 6.92 Å². The van der Waals surface area contributed by atoms with Crippen molar-refractivity contribution in [2.75, 3.05) is 0 Å². The van der Waals surface area contributed by atoms with Gasteiger partial charge in [-0.2, -0.15) is 5.26 Å². The topological polar surface area (TPSA) is 40.9 Å². The van der Waals surface area contributed by atoms with Crippen molar-refractivity contribution in [1.29, 1.82) is 5.26 Å². The van der Waals surface area contributed by atoms with Crippen LogP contribution in [0, 0.1) is 16.7 Å². The maximum Gasteiger partial charge on any atom is 0.131 e. The highest BCUT2D eigenvalue weighted by molar-refractivity contribution is 5.76. The van der Waals surface area contributed by atoms with E-state index in [9.17, 15) is 4.79 Å². The Morgan fingerprint density at radius 1 is 1.58 bits per heavy atom. The Balaban J connectivity index is 4.07. The number of unbranched alkanes of at least 4 members (excludes halogenated alkanes) is 1. The third-order valence-electron chi connectivity index (χ3n) is 1.99. The van der Waals surface area contributed by atoms with Gasteiger partial charge >= 0.3 is 0 Å². The predicted molar refractivity (Wildman–Crippen MR) is 48.5 cm³/mol. The van der Waals surface area contributed by atoms with Gasteiger partial charge in [0, 0.05) is 6.42 Å². The molecule has 2 nitrogen and oxygen atoms in total. The lowest BCUT2D eigenvalue weighted by Gasteiger charge is -2.18. The molecule has 1 atom stereocenters. The van der Waals surface area contributed by atoms with Gasteiger partial charge in [-0.3, -0.25) is 4.79 Å². The van der Waals surface area contributed by atoms with Gasteiger partial charge in [0.15, 0.2) is 0 Å². The van der Waals surface area contributed by atoms with Crippen molar-refractivity contribution in [2.45, 2.75) is 46.5 Å². The molecule has 0 rings (SSSR count). The predicted octanol–water partition coefficient (Wildman–Crippen LogP) is 2.69. The van der Waals surface area contributed by atoms with Crippen LogP contribution in [-0.4, -0.2) is 5.78 Å². The molecule has 0 saturated heterocycles. The van der Waals surface area contributed by atoms with Crippen LogP contribution < -0.4 is 0 Å². The number of hydrogen-bond donors (Lipinski definition) is 0. The molecule has 12 heavy (non-hydrogen) atoms. The van der Waals surface area contributed by atoms with Crippen molar-refractivity contribution in [3.63, 3.8) is 0 Å². The average molecular weight is 167 g/mol. The van der Waals surface area contributed by atoms with Crippen LogP contribution in [0.1, 0.15) is 46.5 Å². The molecule has 0 aromatic carbocycles. The summed E-state index contributed by atoms with van der Waals surface area (Å²) in [7, 11) is 0. The maximum atomic E-state index is 10.8. The molecule has 0 fully saturated rings. The van der Waals surface area contributed by atoms with Crippen molar-refractivity contribution >= 4 is 5.78 Å².